The number of hydrogen-bond acceptors (Lipinski definition) is 3. The van der Waals surface area contributed by atoms with E-state index >= 15 is 0 Å². The number of carbonyl (C=O) groups is 2. The van der Waals surface area contributed by atoms with Gasteiger partial charge in [0.15, 0.2) is 0 Å². The number of nitrogens with one attached hydrogen (secondary N) is 1. The van der Waals surface area contributed by atoms with Gasteiger partial charge in [0.1, 0.15) is 0 Å². The van der Waals surface area contributed by atoms with E-state index in [4.69, 9.17) is 5.11 Å². The van der Waals surface area contributed by atoms with Crippen LogP contribution in [0.1, 0.15) is 50.6 Å². The van der Waals surface area contributed by atoms with E-state index in [1.54, 1.807) is 4.90 Å². The number of aliphatic hydroxyl groups is 1. The number of aliphatic hydroxyl groups excluding tert-OH is 1. The molecule has 0 unspecified atom stereocenters. The van der Waals surface area contributed by atoms with Crippen molar-refractivity contribution in [2.75, 3.05) is 6.61 Å². The largest absolute Gasteiger partial charge is 0.481 e. The minimum absolute atomic E-state index is 0.0191. The van der Waals surface area contributed by atoms with E-state index in [9.17, 15) is 14.7 Å². The van der Waals surface area contributed by atoms with E-state index in [2.05, 4.69) is 5.32 Å². The maximum Gasteiger partial charge on any atom is 0.318 e. The van der Waals surface area contributed by atoms with E-state index in [0.29, 0.717) is 6.42 Å². The van der Waals surface area contributed by atoms with Crippen LogP contribution in [0, 0.1) is 0 Å². The number of aliphatic carboxylic acids is 1. The fourth-order valence-corrected chi connectivity index (χ4v) is 3.32. The molecule has 1 fully saturated rings. The summed E-state index contributed by atoms with van der Waals surface area (Å²) in [5, 5.41) is 21.4. The molecular formula is C18H26N2O4. The lowest BCUT2D eigenvalue weighted by Gasteiger charge is -2.30. The third-order valence-corrected chi connectivity index (χ3v) is 4.66. The summed E-state index contributed by atoms with van der Waals surface area (Å²) in [4.78, 5) is 24.6. The molecule has 0 spiro atoms. The standard InChI is InChI=1S/C18H26N2O4/c1-13-15(10-6-3-7-11-17(22)23)19-18(24)20(13)16(12-21)14-8-4-2-5-9-14/h2,4-5,8-9,13,15-16,21H,3,6-7,10-12H2,1H3,(H,19,24)(H,22,23)/t13-,15+,16+/m0/s1. The summed E-state index contributed by atoms with van der Waals surface area (Å²) in [6.07, 6.45) is 3.39. The van der Waals surface area contributed by atoms with Crippen molar-refractivity contribution < 1.29 is 19.8 Å². The van der Waals surface area contributed by atoms with Gasteiger partial charge in [0.25, 0.3) is 0 Å². The Morgan fingerprint density at radius 3 is 2.58 bits per heavy atom. The van der Waals surface area contributed by atoms with Gasteiger partial charge in [-0.1, -0.05) is 43.2 Å². The first-order valence-electron chi connectivity index (χ1n) is 8.51. The number of carbonyl (C=O) groups excluding carboxylic acids is 1. The molecule has 1 aromatic rings. The number of unbranched alkanes of at least 4 members (excludes halogenated alkanes) is 2. The number of hydrogen-bond donors (Lipinski definition) is 3. The van der Waals surface area contributed by atoms with Crippen LogP contribution in [0.15, 0.2) is 30.3 Å². The van der Waals surface area contributed by atoms with Crippen LogP contribution in [-0.2, 0) is 4.79 Å². The van der Waals surface area contributed by atoms with E-state index in [-0.39, 0.29) is 37.2 Å². The van der Waals surface area contributed by atoms with Gasteiger partial charge in [0, 0.05) is 6.42 Å². The number of rotatable bonds is 9. The van der Waals surface area contributed by atoms with Gasteiger partial charge in [-0.25, -0.2) is 4.79 Å². The van der Waals surface area contributed by atoms with Crippen molar-refractivity contribution in [3.05, 3.63) is 35.9 Å². The number of amides is 2. The fourth-order valence-electron chi connectivity index (χ4n) is 3.32. The van der Waals surface area contributed by atoms with Gasteiger partial charge in [0.05, 0.1) is 24.7 Å². The van der Waals surface area contributed by atoms with Gasteiger partial charge in [-0.3, -0.25) is 4.79 Å². The highest BCUT2D eigenvalue weighted by Gasteiger charge is 2.40. The van der Waals surface area contributed by atoms with E-state index in [1.807, 2.05) is 37.3 Å². The van der Waals surface area contributed by atoms with E-state index < -0.39 is 5.97 Å². The van der Waals surface area contributed by atoms with Crippen molar-refractivity contribution in [3.63, 3.8) is 0 Å². The molecule has 1 saturated heterocycles. The van der Waals surface area contributed by atoms with Crippen molar-refractivity contribution in [2.24, 2.45) is 0 Å². The molecule has 0 radical (unpaired) electrons. The molecule has 1 heterocycles. The summed E-state index contributed by atoms with van der Waals surface area (Å²) in [6.45, 7) is 1.87. The Labute approximate surface area is 142 Å². The van der Waals surface area contributed by atoms with Crippen LogP contribution in [0.3, 0.4) is 0 Å². The average molecular weight is 334 g/mol. The summed E-state index contributed by atoms with van der Waals surface area (Å²) in [5.41, 5.74) is 0.920. The number of carboxylic acid groups (broad SMARTS) is 1. The monoisotopic (exact) mass is 334 g/mol. The van der Waals surface area contributed by atoms with Crippen molar-refractivity contribution in [3.8, 4) is 0 Å². The molecule has 0 aromatic heterocycles. The Balaban J connectivity index is 1.93. The molecule has 6 nitrogen and oxygen atoms in total. The molecule has 0 aliphatic carbocycles. The second-order valence-electron chi connectivity index (χ2n) is 6.31. The molecule has 24 heavy (non-hydrogen) atoms. The molecule has 0 bridgehead atoms. The van der Waals surface area contributed by atoms with Crippen molar-refractivity contribution >= 4 is 12.0 Å². The fraction of sp³-hybridized carbons (Fsp3) is 0.556. The molecule has 6 heteroatoms. The molecule has 1 aromatic carbocycles. The van der Waals surface area contributed by atoms with Crippen molar-refractivity contribution in [1.29, 1.82) is 0 Å². The van der Waals surface area contributed by atoms with Crippen LogP contribution in [0.2, 0.25) is 0 Å². The molecule has 2 amide bonds. The zero-order chi connectivity index (χ0) is 17.5. The number of nitrogens with zero attached hydrogens (tertiary/aromatic N) is 1. The van der Waals surface area contributed by atoms with Gasteiger partial charge in [-0.2, -0.15) is 0 Å². The van der Waals surface area contributed by atoms with Gasteiger partial charge in [0.2, 0.25) is 0 Å². The summed E-state index contributed by atoms with van der Waals surface area (Å²) in [5.74, 6) is -0.766. The zero-order valence-corrected chi connectivity index (χ0v) is 14.0. The second-order valence-corrected chi connectivity index (χ2v) is 6.31. The lowest BCUT2D eigenvalue weighted by atomic mass is 10.00. The molecule has 1 aliphatic rings. The van der Waals surface area contributed by atoms with E-state index in [1.165, 1.54) is 0 Å². The predicted octanol–water partition coefficient (Wildman–Crippen LogP) is 2.54. The third-order valence-electron chi connectivity index (χ3n) is 4.66. The molecule has 132 valence electrons. The maximum absolute atomic E-state index is 12.4. The molecule has 3 N–H and O–H groups in total. The normalized spacial score (nSPS) is 21.6. The summed E-state index contributed by atoms with van der Waals surface area (Å²) in [6, 6.07) is 9.05. The van der Waals surface area contributed by atoms with Crippen LogP contribution in [0.4, 0.5) is 4.79 Å². The van der Waals surface area contributed by atoms with Crippen LogP contribution in [0.5, 0.6) is 0 Å². The summed E-state index contributed by atoms with van der Waals surface area (Å²) < 4.78 is 0. The minimum atomic E-state index is -0.766. The van der Waals surface area contributed by atoms with Crippen LogP contribution >= 0.6 is 0 Å². The number of benzene rings is 1. The Bertz CT molecular complexity index is 549. The first-order chi connectivity index (χ1) is 11.5. The van der Waals surface area contributed by atoms with Gasteiger partial charge >= 0.3 is 12.0 Å². The molecular weight excluding hydrogens is 308 g/mol. The summed E-state index contributed by atoms with van der Waals surface area (Å²) >= 11 is 0. The Morgan fingerprint density at radius 2 is 1.96 bits per heavy atom. The highest BCUT2D eigenvalue weighted by atomic mass is 16.4. The van der Waals surface area contributed by atoms with Crippen LogP contribution < -0.4 is 5.32 Å². The van der Waals surface area contributed by atoms with Crippen molar-refractivity contribution in [1.82, 2.24) is 10.2 Å². The molecule has 2 rings (SSSR count). The summed E-state index contributed by atoms with van der Waals surface area (Å²) in [7, 11) is 0. The smallest absolute Gasteiger partial charge is 0.318 e. The van der Waals surface area contributed by atoms with Gasteiger partial charge < -0.3 is 20.4 Å². The Kier molecular flexibility index (Phi) is 6.61. The SMILES string of the molecule is C[C@H]1[C@@H](CCCCCC(=O)O)NC(=O)N1[C@H](CO)c1ccccc1. The molecule has 3 atom stereocenters. The average Bonchev–Trinajstić information content (AvgIpc) is 2.84. The lowest BCUT2D eigenvalue weighted by molar-refractivity contribution is -0.137. The first kappa shape index (κ1) is 18.3. The Morgan fingerprint density at radius 1 is 1.25 bits per heavy atom. The quantitative estimate of drug-likeness (QED) is 0.605. The van der Waals surface area contributed by atoms with Gasteiger partial charge in [-0.15, -0.1) is 0 Å². The highest BCUT2D eigenvalue weighted by Crippen LogP contribution is 2.29. The lowest BCUT2D eigenvalue weighted by Crippen LogP contribution is -2.39. The molecule has 1 aliphatic heterocycles. The maximum atomic E-state index is 12.4. The van der Waals surface area contributed by atoms with Crippen LogP contribution in [-0.4, -0.2) is 45.8 Å². The Hall–Kier alpha value is -2.08. The topological polar surface area (TPSA) is 89.9 Å². The second kappa shape index (κ2) is 8.68. The highest BCUT2D eigenvalue weighted by molar-refractivity contribution is 5.78. The zero-order valence-electron chi connectivity index (χ0n) is 14.0. The number of carboxylic acids is 1. The minimum Gasteiger partial charge on any atom is -0.481 e. The van der Waals surface area contributed by atoms with Crippen molar-refractivity contribution in [2.45, 2.75) is 57.2 Å². The van der Waals surface area contributed by atoms with Crippen LogP contribution in [0.25, 0.3) is 0 Å². The number of urea groups is 1. The van der Waals surface area contributed by atoms with E-state index in [0.717, 1.165) is 24.8 Å². The third kappa shape index (κ3) is 4.47. The first-order valence-corrected chi connectivity index (χ1v) is 8.51. The van der Waals surface area contributed by atoms with Gasteiger partial charge in [-0.05, 0) is 25.3 Å². The molecule has 0 saturated carbocycles. The predicted molar refractivity (Wildman–Crippen MR) is 90.6 cm³/mol.